The number of rotatable bonds is 4. The summed E-state index contributed by atoms with van der Waals surface area (Å²) in [4.78, 5) is 0. The van der Waals surface area contributed by atoms with Gasteiger partial charge in [0.2, 0.25) is 0 Å². The van der Waals surface area contributed by atoms with Gasteiger partial charge in [-0.15, -0.1) is 0 Å². The van der Waals surface area contributed by atoms with Crippen LogP contribution in [0.5, 0.6) is 0 Å². The monoisotopic (exact) mass is 271 g/mol. The van der Waals surface area contributed by atoms with Gasteiger partial charge >= 0.3 is 0 Å². The molecule has 0 bridgehead atoms. The van der Waals surface area contributed by atoms with E-state index in [1.807, 2.05) is 39.8 Å². The van der Waals surface area contributed by atoms with E-state index in [1.165, 1.54) is 11.1 Å². The first-order valence-corrected chi connectivity index (χ1v) is 7.68. The average Bonchev–Trinajstić information content (AvgIpc) is 2.58. The van der Waals surface area contributed by atoms with Crippen molar-refractivity contribution < 1.29 is 0 Å². The van der Waals surface area contributed by atoms with E-state index in [9.17, 15) is 0 Å². The Hall–Kier alpha value is -1.60. The SMILES string of the molecule is CC.CC.CC(NCc1ccccc1)c1ccccc1. The Balaban J connectivity index is 0.000000829. The molecule has 0 aliphatic heterocycles. The van der Waals surface area contributed by atoms with Crippen molar-refractivity contribution in [2.75, 3.05) is 0 Å². The lowest BCUT2D eigenvalue weighted by Gasteiger charge is -2.14. The molecule has 0 aliphatic rings. The Morgan fingerprint density at radius 3 is 1.70 bits per heavy atom. The molecule has 0 aliphatic carbocycles. The minimum atomic E-state index is 0.390. The zero-order valence-corrected chi connectivity index (χ0v) is 13.6. The summed E-state index contributed by atoms with van der Waals surface area (Å²) in [6, 6.07) is 21.4. The summed E-state index contributed by atoms with van der Waals surface area (Å²) in [6.07, 6.45) is 0. The van der Waals surface area contributed by atoms with Gasteiger partial charge in [0.25, 0.3) is 0 Å². The second kappa shape index (κ2) is 12.4. The van der Waals surface area contributed by atoms with E-state index in [0.717, 1.165) is 6.54 Å². The molecule has 0 fully saturated rings. The van der Waals surface area contributed by atoms with Crippen molar-refractivity contribution in [3.8, 4) is 0 Å². The lowest BCUT2D eigenvalue weighted by Crippen LogP contribution is -2.17. The van der Waals surface area contributed by atoms with E-state index in [-0.39, 0.29) is 0 Å². The van der Waals surface area contributed by atoms with E-state index >= 15 is 0 Å². The van der Waals surface area contributed by atoms with Gasteiger partial charge in [-0.1, -0.05) is 88.4 Å². The van der Waals surface area contributed by atoms with Crippen LogP contribution in [0.3, 0.4) is 0 Å². The molecule has 1 heteroatoms. The number of hydrogen-bond acceptors (Lipinski definition) is 1. The highest BCUT2D eigenvalue weighted by Crippen LogP contribution is 2.11. The first kappa shape index (κ1) is 18.4. The molecule has 0 spiro atoms. The van der Waals surface area contributed by atoms with Gasteiger partial charge in [-0.3, -0.25) is 0 Å². The highest BCUT2D eigenvalue weighted by molar-refractivity contribution is 5.19. The van der Waals surface area contributed by atoms with Crippen LogP contribution in [0.1, 0.15) is 51.8 Å². The van der Waals surface area contributed by atoms with Crippen molar-refractivity contribution in [3.05, 3.63) is 71.8 Å². The third kappa shape index (κ3) is 7.10. The third-order valence-electron chi connectivity index (χ3n) is 2.75. The molecule has 0 amide bonds. The Bertz CT molecular complexity index is 408. The highest BCUT2D eigenvalue weighted by atomic mass is 14.9. The zero-order chi connectivity index (χ0) is 15.2. The summed E-state index contributed by atoms with van der Waals surface area (Å²) in [5, 5.41) is 3.52. The maximum Gasteiger partial charge on any atom is 0.0294 e. The molecule has 2 rings (SSSR count). The van der Waals surface area contributed by atoms with Gasteiger partial charge in [-0.2, -0.15) is 0 Å². The molecule has 2 aromatic carbocycles. The molecule has 20 heavy (non-hydrogen) atoms. The predicted octanol–water partition coefficient (Wildman–Crippen LogP) is 5.59. The van der Waals surface area contributed by atoms with E-state index in [0.29, 0.717) is 6.04 Å². The van der Waals surface area contributed by atoms with Crippen LogP contribution in [0.4, 0.5) is 0 Å². The van der Waals surface area contributed by atoms with Crippen LogP contribution in [-0.4, -0.2) is 0 Å². The maximum atomic E-state index is 3.52. The molecule has 1 N–H and O–H groups in total. The van der Waals surface area contributed by atoms with Crippen LogP contribution in [0, 0.1) is 0 Å². The Labute approximate surface area is 125 Å². The molecule has 2 aromatic rings. The van der Waals surface area contributed by atoms with E-state index in [2.05, 4.69) is 60.8 Å². The summed E-state index contributed by atoms with van der Waals surface area (Å²) in [7, 11) is 0. The minimum absolute atomic E-state index is 0.390. The van der Waals surface area contributed by atoms with Gasteiger partial charge in [-0.25, -0.2) is 0 Å². The first-order chi connectivity index (χ1) is 9.86. The molecule has 1 atom stereocenters. The van der Waals surface area contributed by atoms with Gasteiger partial charge in [0, 0.05) is 12.6 Å². The molecule has 110 valence electrons. The second-order valence-corrected chi connectivity index (χ2v) is 4.00. The summed E-state index contributed by atoms with van der Waals surface area (Å²) in [5.74, 6) is 0. The topological polar surface area (TPSA) is 12.0 Å². The van der Waals surface area contributed by atoms with Gasteiger partial charge in [0.15, 0.2) is 0 Å². The summed E-state index contributed by atoms with van der Waals surface area (Å²) in [5.41, 5.74) is 2.66. The Morgan fingerprint density at radius 2 is 1.20 bits per heavy atom. The largest absolute Gasteiger partial charge is 0.306 e. The van der Waals surface area contributed by atoms with Crippen molar-refractivity contribution >= 4 is 0 Å². The maximum absolute atomic E-state index is 3.52. The fourth-order valence-corrected chi connectivity index (χ4v) is 1.73. The summed E-state index contributed by atoms with van der Waals surface area (Å²) < 4.78 is 0. The highest BCUT2D eigenvalue weighted by Gasteiger charge is 2.02. The Kier molecular flexibility index (Phi) is 11.4. The fourth-order valence-electron chi connectivity index (χ4n) is 1.73. The first-order valence-electron chi connectivity index (χ1n) is 7.68. The average molecular weight is 271 g/mol. The van der Waals surface area contributed by atoms with Crippen molar-refractivity contribution in [1.29, 1.82) is 0 Å². The molecule has 1 nitrogen and oxygen atoms in total. The van der Waals surface area contributed by atoms with Gasteiger partial charge in [-0.05, 0) is 18.1 Å². The van der Waals surface area contributed by atoms with Crippen LogP contribution in [0.2, 0.25) is 0 Å². The fraction of sp³-hybridized carbons (Fsp3) is 0.368. The lowest BCUT2D eigenvalue weighted by atomic mass is 10.1. The predicted molar refractivity (Wildman–Crippen MR) is 90.8 cm³/mol. The molecule has 0 radical (unpaired) electrons. The van der Waals surface area contributed by atoms with Crippen LogP contribution >= 0.6 is 0 Å². The summed E-state index contributed by atoms with van der Waals surface area (Å²) in [6.45, 7) is 11.1. The minimum Gasteiger partial charge on any atom is -0.306 e. The van der Waals surface area contributed by atoms with Gasteiger partial charge in [0.05, 0.1) is 0 Å². The third-order valence-corrected chi connectivity index (χ3v) is 2.75. The van der Waals surface area contributed by atoms with Crippen LogP contribution in [0.15, 0.2) is 60.7 Å². The molecular formula is C19H29N. The molecule has 0 saturated carbocycles. The number of benzene rings is 2. The molecule has 0 heterocycles. The number of nitrogens with one attached hydrogen (secondary N) is 1. The molecular weight excluding hydrogens is 242 g/mol. The summed E-state index contributed by atoms with van der Waals surface area (Å²) >= 11 is 0. The normalized spacial score (nSPS) is 10.4. The second-order valence-electron chi connectivity index (χ2n) is 4.00. The van der Waals surface area contributed by atoms with Crippen molar-refractivity contribution in [2.45, 2.75) is 47.2 Å². The van der Waals surface area contributed by atoms with Crippen LogP contribution in [0.25, 0.3) is 0 Å². The van der Waals surface area contributed by atoms with Crippen molar-refractivity contribution in [3.63, 3.8) is 0 Å². The van der Waals surface area contributed by atoms with Gasteiger partial charge in [0.1, 0.15) is 0 Å². The molecule has 0 saturated heterocycles. The van der Waals surface area contributed by atoms with E-state index in [4.69, 9.17) is 0 Å². The van der Waals surface area contributed by atoms with E-state index in [1.54, 1.807) is 0 Å². The van der Waals surface area contributed by atoms with Crippen molar-refractivity contribution in [1.82, 2.24) is 5.32 Å². The smallest absolute Gasteiger partial charge is 0.0294 e. The van der Waals surface area contributed by atoms with Crippen LogP contribution < -0.4 is 5.32 Å². The quantitative estimate of drug-likeness (QED) is 0.764. The van der Waals surface area contributed by atoms with Crippen LogP contribution in [-0.2, 0) is 6.54 Å². The lowest BCUT2D eigenvalue weighted by molar-refractivity contribution is 0.575. The Morgan fingerprint density at radius 1 is 0.750 bits per heavy atom. The molecule has 0 aromatic heterocycles. The van der Waals surface area contributed by atoms with E-state index < -0.39 is 0 Å². The molecule has 1 unspecified atom stereocenters. The standard InChI is InChI=1S/C15H17N.2C2H6/c1-13(15-10-6-3-7-11-15)16-12-14-8-4-2-5-9-14;2*1-2/h2-11,13,16H,12H2,1H3;2*1-2H3. The van der Waals surface area contributed by atoms with Crippen molar-refractivity contribution in [2.24, 2.45) is 0 Å². The number of hydrogen-bond donors (Lipinski definition) is 1. The zero-order valence-electron chi connectivity index (χ0n) is 13.6. The van der Waals surface area contributed by atoms with Gasteiger partial charge < -0.3 is 5.32 Å².